The molecule has 0 atom stereocenters. The number of carbonyl (C=O) groups is 1. The van der Waals surface area contributed by atoms with Crippen LogP contribution < -0.4 is 15.1 Å². The van der Waals surface area contributed by atoms with Crippen LogP contribution in [0.2, 0.25) is 0 Å². The molecule has 1 aliphatic heterocycles. The summed E-state index contributed by atoms with van der Waals surface area (Å²) in [5, 5.41) is 4.41. The minimum absolute atomic E-state index is 0.0235. The van der Waals surface area contributed by atoms with Gasteiger partial charge in [0, 0.05) is 86.4 Å². The Bertz CT molecular complexity index is 1670. The van der Waals surface area contributed by atoms with Crippen LogP contribution in [0.15, 0.2) is 67.4 Å². The van der Waals surface area contributed by atoms with Crippen LogP contribution in [-0.4, -0.2) is 69.3 Å². The van der Waals surface area contributed by atoms with Gasteiger partial charge in [0.2, 0.25) is 5.91 Å². The van der Waals surface area contributed by atoms with Gasteiger partial charge in [-0.15, -0.1) is 0 Å². The van der Waals surface area contributed by atoms with Crippen LogP contribution in [0.4, 0.5) is 25.8 Å². The van der Waals surface area contributed by atoms with Gasteiger partial charge in [0.15, 0.2) is 0 Å². The van der Waals surface area contributed by atoms with E-state index in [1.165, 1.54) is 31.4 Å². The average Bonchev–Trinajstić information content (AvgIpc) is 3.87. The van der Waals surface area contributed by atoms with E-state index in [0.717, 1.165) is 71.1 Å². The molecule has 0 radical (unpaired) electrons. The molecule has 1 aliphatic carbocycles. The first-order valence-electron chi connectivity index (χ1n) is 16.5. The van der Waals surface area contributed by atoms with Crippen molar-refractivity contribution in [3.8, 4) is 0 Å². The Hall–Kier alpha value is -4.21. The number of hydrogen-bond acceptors (Lipinski definition) is 5. The fraction of sp³-hybridized carbons (Fsp3) is 0.395. The van der Waals surface area contributed by atoms with Gasteiger partial charge in [0.05, 0.1) is 11.4 Å². The topological polar surface area (TPSA) is 63.8 Å². The molecule has 2 heterocycles. The first kappa shape index (κ1) is 34.1. The van der Waals surface area contributed by atoms with Gasteiger partial charge in [-0.1, -0.05) is 31.9 Å². The number of rotatable bonds is 11. The van der Waals surface area contributed by atoms with E-state index in [-0.39, 0.29) is 11.9 Å². The lowest BCUT2D eigenvalue weighted by Gasteiger charge is -2.36. The first-order valence-corrected chi connectivity index (χ1v) is 16.5. The number of amides is 1. The third-order valence-corrected chi connectivity index (χ3v) is 8.50. The zero-order chi connectivity index (χ0) is 33.5. The maximum Gasteiger partial charge on any atom is 0.224 e. The zero-order valence-electron chi connectivity index (χ0n) is 28.0. The Morgan fingerprint density at radius 3 is 2.28 bits per heavy atom. The van der Waals surface area contributed by atoms with Gasteiger partial charge in [-0.25, -0.2) is 8.78 Å². The quantitative estimate of drug-likeness (QED) is 0.175. The van der Waals surface area contributed by atoms with Gasteiger partial charge in [-0.05, 0) is 86.9 Å². The van der Waals surface area contributed by atoms with Crippen molar-refractivity contribution in [2.45, 2.75) is 51.5 Å². The van der Waals surface area contributed by atoms with Crippen LogP contribution in [0.25, 0.3) is 16.6 Å². The Morgan fingerprint density at radius 1 is 0.936 bits per heavy atom. The van der Waals surface area contributed by atoms with E-state index in [2.05, 4.69) is 60.0 Å². The fourth-order valence-electron chi connectivity index (χ4n) is 5.82. The van der Waals surface area contributed by atoms with Crippen molar-refractivity contribution < 1.29 is 18.3 Å². The lowest BCUT2D eigenvalue weighted by Crippen LogP contribution is -2.43. The third-order valence-electron chi connectivity index (χ3n) is 8.50. The molecule has 1 saturated carbocycles. The average molecular weight is 644 g/mol. The maximum atomic E-state index is 13.8. The van der Waals surface area contributed by atoms with E-state index < -0.39 is 11.6 Å². The summed E-state index contributed by atoms with van der Waals surface area (Å²) >= 11 is 0. The number of fused-ring (bicyclic) bond motifs is 1. The molecule has 0 bridgehead atoms. The van der Waals surface area contributed by atoms with E-state index in [4.69, 9.17) is 4.74 Å². The number of ether oxygens (including phenoxy) is 1. The molecular formula is C38H47F2N5O2. The van der Waals surface area contributed by atoms with E-state index in [0.29, 0.717) is 30.9 Å². The number of nitrogens with zero attached hydrogens (tertiary/aromatic N) is 3. The Balaban J connectivity index is 0.00000137. The smallest absolute Gasteiger partial charge is 0.224 e. The van der Waals surface area contributed by atoms with E-state index in [1.54, 1.807) is 6.92 Å². The van der Waals surface area contributed by atoms with Gasteiger partial charge in [-0.3, -0.25) is 4.79 Å². The standard InChI is InChI=1S/C35H41F2N5O2.C3H6/c1-23(39-34-22-38-33-9-6-25(19-32(33)34)16-26-17-27(36)20-28(37)18-26)31-8-7-30(41(5)13-12-40(3)4)21-35(31)42(24(2)43)29-10-14-44-15-11-29;1-2-3-1/h6-9,17-22,29,38-39H,1,10-16H2,2-5H3;1-3H2. The van der Waals surface area contributed by atoms with Gasteiger partial charge in [0.1, 0.15) is 11.6 Å². The monoisotopic (exact) mass is 643 g/mol. The molecule has 4 aromatic rings. The molecule has 3 aromatic carbocycles. The number of benzene rings is 3. The number of halogens is 2. The summed E-state index contributed by atoms with van der Waals surface area (Å²) in [7, 11) is 6.16. The van der Waals surface area contributed by atoms with Crippen molar-refractivity contribution in [1.29, 1.82) is 0 Å². The van der Waals surface area contributed by atoms with Gasteiger partial charge in [-0.2, -0.15) is 0 Å². The second kappa shape index (κ2) is 15.6. The summed E-state index contributed by atoms with van der Waals surface area (Å²) in [6.07, 6.45) is 8.30. The largest absolute Gasteiger partial charge is 0.381 e. The van der Waals surface area contributed by atoms with Crippen LogP contribution in [0.5, 0.6) is 0 Å². The number of hydrogen-bond donors (Lipinski definition) is 2. The van der Waals surface area contributed by atoms with E-state index >= 15 is 0 Å². The molecule has 6 rings (SSSR count). The minimum atomic E-state index is -0.590. The van der Waals surface area contributed by atoms with Crippen LogP contribution in [0, 0.1) is 11.6 Å². The molecule has 250 valence electrons. The summed E-state index contributed by atoms with van der Waals surface area (Å²) < 4.78 is 33.2. The molecule has 2 aliphatic rings. The summed E-state index contributed by atoms with van der Waals surface area (Å²) in [5.74, 6) is -1.20. The zero-order valence-corrected chi connectivity index (χ0v) is 28.0. The number of carbonyl (C=O) groups excluding carboxylic acids is 1. The summed E-state index contributed by atoms with van der Waals surface area (Å²) in [6, 6.07) is 15.7. The highest BCUT2D eigenvalue weighted by atomic mass is 19.1. The number of aromatic nitrogens is 1. The molecule has 2 fully saturated rings. The van der Waals surface area contributed by atoms with Crippen LogP contribution >= 0.6 is 0 Å². The second-order valence-electron chi connectivity index (χ2n) is 12.9. The Morgan fingerprint density at radius 2 is 1.64 bits per heavy atom. The fourth-order valence-corrected chi connectivity index (χ4v) is 5.82. The first-order chi connectivity index (χ1) is 22.6. The molecule has 0 spiro atoms. The lowest BCUT2D eigenvalue weighted by molar-refractivity contribution is -0.117. The molecular weight excluding hydrogens is 596 g/mol. The number of nitrogens with one attached hydrogen (secondary N) is 2. The predicted molar refractivity (Wildman–Crippen MR) is 189 cm³/mol. The van der Waals surface area contributed by atoms with Crippen molar-refractivity contribution in [1.82, 2.24) is 9.88 Å². The highest BCUT2D eigenvalue weighted by Crippen LogP contribution is 2.36. The van der Waals surface area contributed by atoms with E-state index in [9.17, 15) is 13.6 Å². The summed E-state index contributed by atoms with van der Waals surface area (Å²) in [6.45, 7) is 8.99. The van der Waals surface area contributed by atoms with Crippen molar-refractivity contribution >= 4 is 39.6 Å². The number of likely N-dealkylation sites (N-methyl/N-ethyl adjacent to an activating group) is 2. The molecule has 47 heavy (non-hydrogen) atoms. The molecule has 1 amide bonds. The van der Waals surface area contributed by atoms with E-state index in [1.807, 2.05) is 35.4 Å². The van der Waals surface area contributed by atoms with Gasteiger partial charge in [0.25, 0.3) is 0 Å². The molecule has 0 unspecified atom stereocenters. The highest BCUT2D eigenvalue weighted by Gasteiger charge is 2.28. The number of aromatic amines is 1. The maximum absolute atomic E-state index is 13.8. The summed E-state index contributed by atoms with van der Waals surface area (Å²) in [5.41, 5.74) is 6.53. The van der Waals surface area contributed by atoms with Crippen LogP contribution in [0.1, 0.15) is 55.7 Å². The third kappa shape index (κ3) is 9.20. The normalized spacial score (nSPS) is 14.4. The number of anilines is 3. The second-order valence-corrected chi connectivity index (χ2v) is 12.9. The van der Waals surface area contributed by atoms with Crippen molar-refractivity contribution in [2.75, 3.05) is 62.6 Å². The van der Waals surface area contributed by atoms with Crippen molar-refractivity contribution in [3.05, 3.63) is 95.7 Å². The highest BCUT2D eigenvalue weighted by molar-refractivity contribution is 6.00. The van der Waals surface area contributed by atoms with Crippen LogP contribution in [-0.2, 0) is 16.0 Å². The van der Waals surface area contributed by atoms with Gasteiger partial charge >= 0.3 is 0 Å². The van der Waals surface area contributed by atoms with Crippen molar-refractivity contribution in [3.63, 3.8) is 0 Å². The molecule has 1 aromatic heterocycles. The minimum Gasteiger partial charge on any atom is -0.381 e. The lowest BCUT2D eigenvalue weighted by atomic mass is 10.0. The van der Waals surface area contributed by atoms with Crippen molar-refractivity contribution in [2.24, 2.45) is 0 Å². The molecule has 2 N–H and O–H groups in total. The Kier molecular flexibility index (Phi) is 11.3. The predicted octanol–water partition coefficient (Wildman–Crippen LogP) is 7.82. The molecule has 1 saturated heterocycles. The van der Waals surface area contributed by atoms with Gasteiger partial charge < -0.3 is 29.7 Å². The SMILES string of the molecule is C1CC1.C=C(Nc1c[nH]c2ccc(Cc3cc(F)cc(F)c3)cc12)c1ccc(N(C)CCN(C)C)cc1N(C(C)=O)C1CCOCC1. The number of H-pyrrole nitrogens is 1. The molecule has 7 nitrogen and oxygen atoms in total. The summed E-state index contributed by atoms with van der Waals surface area (Å²) in [4.78, 5) is 22.7. The Labute approximate surface area is 277 Å². The molecule has 9 heteroatoms. The van der Waals surface area contributed by atoms with Crippen LogP contribution in [0.3, 0.4) is 0 Å².